The normalized spacial score (nSPS) is 35.6. The number of ketones is 1. The summed E-state index contributed by atoms with van der Waals surface area (Å²) >= 11 is 0. The summed E-state index contributed by atoms with van der Waals surface area (Å²) < 4.78 is 88.9. The van der Waals surface area contributed by atoms with Crippen molar-refractivity contribution in [3.05, 3.63) is 70.7 Å². The minimum Gasteiger partial charge on any atom is -0.510 e. The second-order valence-electron chi connectivity index (χ2n) is 28.9. The second kappa shape index (κ2) is 40.5. The van der Waals surface area contributed by atoms with Crippen LogP contribution in [0, 0.1) is 5.41 Å². The van der Waals surface area contributed by atoms with Crippen molar-refractivity contribution in [2.24, 2.45) is 16.9 Å². The van der Waals surface area contributed by atoms with E-state index < -0.39 is 240 Å². The molecule has 40 heteroatoms. The molecule has 0 aromatic heterocycles. The number of carbonyl (C=O) groups excluding carboxylic acids is 6. The average molecular weight is 1580 g/mol. The summed E-state index contributed by atoms with van der Waals surface area (Å²) in [4.78, 5) is 102. The lowest BCUT2D eigenvalue weighted by Crippen LogP contribution is -2.72. The van der Waals surface area contributed by atoms with Gasteiger partial charge in [-0.05, 0) is 91.9 Å². The third-order valence-corrected chi connectivity index (χ3v) is 19.9. The van der Waals surface area contributed by atoms with Crippen molar-refractivity contribution in [3.63, 3.8) is 0 Å². The molecule has 618 valence electrons. The van der Waals surface area contributed by atoms with Crippen LogP contribution < -0.4 is 27.4 Å². The van der Waals surface area contributed by atoms with Crippen LogP contribution in [0.25, 0.3) is 0 Å². The number of phosphoric acid groups is 1. The van der Waals surface area contributed by atoms with E-state index in [-0.39, 0.29) is 24.9 Å². The van der Waals surface area contributed by atoms with Crippen LogP contribution in [0.15, 0.2) is 70.7 Å². The summed E-state index contributed by atoms with van der Waals surface area (Å²) in [5, 5.41) is 139. The maximum atomic E-state index is 14.1. The van der Waals surface area contributed by atoms with Gasteiger partial charge in [-0.25, -0.2) is 14.2 Å². The van der Waals surface area contributed by atoms with Gasteiger partial charge in [0.2, 0.25) is 17.7 Å². The number of carboxylic acids is 1. The molecule has 15 unspecified atom stereocenters. The lowest BCUT2D eigenvalue weighted by Gasteiger charge is -2.52. The van der Waals surface area contributed by atoms with E-state index in [1.165, 1.54) is 18.1 Å². The molecule has 5 aliphatic heterocycles. The number of aliphatic hydroxyl groups excluding tert-OH is 10. The van der Waals surface area contributed by atoms with Gasteiger partial charge < -0.3 is 146 Å². The molecule has 0 radical (unpaired) electrons. The first-order chi connectivity index (χ1) is 50.9. The molecular weight excluding hydrogens is 1470 g/mol. The summed E-state index contributed by atoms with van der Waals surface area (Å²) in [6.45, 7) is 16.8. The number of Topliss-reactive ketones (excluding diaryl/α,β-unsaturated/α-hetero) is 1. The first-order valence-electron chi connectivity index (χ1n) is 35.4. The highest BCUT2D eigenvalue weighted by Crippen LogP contribution is 2.49. The van der Waals surface area contributed by atoms with Crippen LogP contribution in [0.1, 0.15) is 127 Å². The topological polar surface area (TPSA) is 608 Å². The molecule has 0 saturated carbocycles. The molecule has 20 N–H and O–H groups in total. The van der Waals surface area contributed by atoms with Gasteiger partial charge in [-0.15, -0.1) is 0 Å². The molecule has 0 aromatic carbocycles. The van der Waals surface area contributed by atoms with E-state index in [4.69, 9.17) is 72.6 Å². The van der Waals surface area contributed by atoms with Crippen molar-refractivity contribution >= 4 is 49.3 Å². The summed E-state index contributed by atoms with van der Waals surface area (Å²) in [6.07, 6.45) is -35.4. The molecule has 27 atom stereocenters. The van der Waals surface area contributed by atoms with E-state index in [0.29, 0.717) is 12.8 Å². The Morgan fingerprint density at radius 1 is 0.716 bits per heavy atom. The number of phosphoric ester groups is 1. The van der Waals surface area contributed by atoms with Crippen molar-refractivity contribution in [2.45, 2.75) is 286 Å². The SMILES string of the molecule is C=C(C/C=C(\C)CCC=C(C)C)CCC(C)(C)/C=C/CC/C(C)=C\CO[C@H](COP(=O)(O)O[C@@H]1O[C@H](C(N)=O)C(C)(O)C(OC(N)=O)[C@H]1O[C@@H]1OC(CO[C@@H]2OC(CO)[C@@H](O)C(O)C2O)[C@@H](O[C@@H]2OC(C)[C@@H](O[C@@H]3OC(C(=O)NC4=C(O)CCC4=O)[C@H](O)C(O)C3O)C(O)C2NC(C)=O)C(O)C1NC(C)=O)C(=O)O. The first-order valence-corrected chi connectivity index (χ1v) is 36.9. The van der Waals surface area contributed by atoms with Gasteiger partial charge in [-0.2, -0.15) is 0 Å². The number of hydrogen-bond acceptors (Lipinski definition) is 32. The van der Waals surface area contributed by atoms with Gasteiger partial charge in [-0.1, -0.05) is 73.1 Å². The molecule has 5 amide bonds. The van der Waals surface area contributed by atoms with Gasteiger partial charge in [0.15, 0.2) is 67.8 Å². The van der Waals surface area contributed by atoms with Gasteiger partial charge >= 0.3 is 19.9 Å². The van der Waals surface area contributed by atoms with Gasteiger partial charge in [-0.3, -0.25) is 33.0 Å². The summed E-state index contributed by atoms with van der Waals surface area (Å²) in [5.41, 5.74) is 12.0. The number of aliphatic carboxylic acids is 1. The summed E-state index contributed by atoms with van der Waals surface area (Å²) in [7, 11) is -5.85. The molecule has 0 bridgehead atoms. The third-order valence-electron chi connectivity index (χ3n) is 18.9. The maximum Gasteiger partial charge on any atom is 0.474 e. The average Bonchev–Trinajstić information content (AvgIpc) is 1.80. The zero-order chi connectivity index (χ0) is 81.5. The maximum absolute atomic E-state index is 14.1. The third kappa shape index (κ3) is 25.4. The highest BCUT2D eigenvalue weighted by molar-refractivity contribution is 7.47. The standard InChI is InChI=1S/C69H108N5O34P/c1-30(2)15-14-17-31(3)18-19-33(5)22-25-68(9,10)24-13-12-16-32(4)23-26-96-41(61(90)91)29-98-109(94,95)108-66-56(57(107-67(71)92)69(11,93)58(106-66)59(70)88)105-63-44(73-36(8)77)47(82)54(40(101-63)28-97-64-51(86)48(83)45(80)39(27-75)100-64)103-62-43(72-35(7)76)46(81)53(34(6)99-62)102-65-52(87)49(84)50(85)55(104-65)60(89)74-42-37(78)20-21-38(42)79/h13,15,18,23-24,34,39-41,43-58,62-66,75,78,80-87,93H,5,12,14,16-17,19-22,25-29H2,1-4,6-11H3,(H2,70,88)(H2,71,92)(H,72,76)(H,73,77)(H,74,89)(H,90,91)(H,94,95)/b24-13+,31-18+,32-23-/t34?,39?,40?,41-,43?,44?,45-,46?,47?,48?,49?,50-,51?,52?,53-,54-,55?,56-,57?,58-,62+,63+,64-,65-,66+,69?/m1/s1. The van der Waals surface area contributed by atoms with Crippen molar-refractivity contribution in [3.8, 4) is 0 Å². The Labute approximate surface area is 628 Å². The van der Waals surface area contributed by atoms with E-state index in [1.807, 2.05) is 6.08 Å². The van der Waals surface area contributed by atoms with Crippen LogP contribution in [0.4, 0.5) is 4.79 Å². The van der Waals surface area contributed by atoms with Gasteiger partial charge in [0.25, 0.3) is 5.91 Å². The van der Waals surface area contributed by atoms with E-state index in [9.17, 15) is 104 Å². The van der Waals surface area contributed by atoms with Crippen LogP contribution >= 0.6 is 7.82 Å². The number of aliphatic hydroxyl groups is 11. The predicted octanol–water partition coefficient (Wildman–Crippen LogP) is -2.03. The van der Waals surface area contributed by atoms with Crippen molar-refractivity contribution < 1.29 is 165 Å². The summed E-state index contributed by atoms with van der Waals surface area (Å²) in [6, 6.07) is -4.00. The van der Waals surface area contributed by atoms with Gasteiger partial charge in [0.05, 0.1) is 32.5 Å². The fraction of sp³-hybridized carbons (Fsp3) is 0.725. The van der Waals surface area contributed by atoms with E-state index >= 15 is 0 Å². The van der Waals surface area contributed by atoms with Crippen LogP contribution in [0.3, 0.4) is 0 Å². The number of primary amides is 2. The van der Waals surface area contributed by atoms with Crippen molar-refractivity contribution in [2.75, 3.05) is 26.4 Å². The number of carbonyl (C=O) groups is 7. The number of ether oxygens (including phenoxy) is 11. The Bertz CT molecular complexity index is 3360. The number of hydrogen-bond donors (Lipinski definition) is 18. The zero-order valence-electron chi connectivity index (χ0n) is 62.2. The lowest BCUT2D eigenvalue weighted by atomic mass is 9.85. The number of amides is 5. The Balaban J connectivity index is 1.25. The minimum absolute atomic E-state index is 0.128. The Hall–Kier alpha value is -6.16. The van der Waals surface area contributed by atoms with Gasteiger partial charge in [0, 0.05) is 26.7 Å². The molecule has 39 nitrogen and oxygen atoms in total. The second-order valence-corrected chi connectivity index (χ2v) is 30.3. The van der Waals surface area contributed by atoms with E-state index in [1.54, 1.807) is 13.0 Å². The van der Waals surface area contributed by atoms with E-state index in [2.05, 4.69) is 75.4 Å². The van der Waals surface area contributed by atoms with Crippen LogP contribution in [-0.2, 0) is 94.5 Å². The molecule has 109 heavy (non-hydrogen) atoms. The molecule has 0 aromatic rings. The zero-order valence-corrected chi connectivity index (χ0v) is 63.1. The van der Waals surface area contributed by atoms with Crippen LogP contribution in [0.5, 0.6) is 0 Å². The number of nitrogens with one attached hydrogen (secondary N) is 3. The number of carboxylic acid groups (broad SMARTS) is 1. The van der Waals surface area contributed by atoms with Crippen LogP contribution in [0.2, 0.25) is 0 Å². The van der Waals surface area contributed by atoms with Crippen molar-refractivity contribution in [1.82, 2.24) is 16.0 Å². The molecule has 6 rings (SSSR count). The monoisotopic (exact) mass is 1580 g/mol. The minimum atomic E-state index is -5.85. The highest BCUT2D eigenvalue weighted by atomic mass is 31.2. The molecule has 1 aliphatic carbocycles. The fourth-order valence-corrected chi connectivity index (χ4v) is 13.5. The number of nitrogens with two attached hydrogens (primary N) is 2. The molecule has 5 heterocycles. The summed E-state index contributed by atoms with van der Waals surface area (Å²) in [5.74, 6) is -7.66. The largest absolute Gasteiger partial charge is 0.510 e. The lowest BCUT2D eigenvalue weighted by molar-refractivity contribution is -0.375. The first kappa shape index (κ1) is 91.7. The Morgan fingerprint density at radius 2 is 1.29 bits per heavy atom. The molecular formula is C69H108N5O34P. The number of rotatable bonds is 37. The predicted molar refractivity (Wildman–Crippen MR) is 372 cm³/mol. The Morgan fingerprint density at radius 3 is 1.88 bits per heavy atom. The van der Waals surface area contributed by atoms with Gasteiger partial charge in [0.1, 0.15) is 102 Å². The molecule has 0 spiro atoms. The fourth-order valence-electron chi connectivity index (χ4n) is 12.6. The quantitative estimate of drug-likeness (QED) is 0.0236. The van der Waals surface area contributed by atoms with E-state index in [0.717, 1.165) is 64.0 Å². The van der Waals surface area contributed by atoms with Crippen molar-refractivity contribution in [1.29, 1.82) is 0 Å². The smallest absolute Gasteiger partial charge is 0.474 e. The molecule has 5 fully saturated rings. The Kier molecular flexibility index (Phi) is 34.1. The molecule has 6 aliphatic rings. The number of allylic oxidation sites excluding steroid dienone is 10. The van der Waals surface area contributed by atoms with Crippen LogP contribution in [-0.4, -0.2) is 293 Å². The highest BCUT2D eigenvalue weighted by Gasteiger charge is 2.62. The molecule has 5 saturated heterocycles.